The molecule has 0 radical (unpaired) electrons. The number of aliphatic hydroxyl groups is 1. The first-order valence-corrected chi connectivity index (χ1v) is 3.22. The van der Waals surface area contributed by atoms with Crippen LogP contribution in [0, 0.1) is 12.3 Å². The van der Waals surface area contributed by atoms with Gasteiger partial charge in [-0.1, -0.05) is 0 Å². The van der Waals surface area contributed by atoms with Crippen LogP contribution in [0.15, 0.2) is 18.6 Å². The summed E-state index contributed by atoms with van der Waals surface area (Å²) < 4.78 is 0. The molecule has 1 heterocycles. The molecule has 1 rings (SSSR count). The van der Waals surface area contributed by atoms with Gasteiger partial charge in [0.1, 0.15) is 6.10 Å². The van der Waals surface area contributed by atoms with Crippen LogP contribution in [0.25, 0.3) is 0 Å². The maximum Gasteiger partial charge on any atom is 0.108 e. The van der Waals surface area contributed by atoms with Gasteiger partial charge < -0.3 is 5.11 Å². The van der Waals surface area contributed by atoms with Gasteiger partial charge in [-0.25, -0.2) is 0 Å². The van der Waals surface area contributed by atoms with Crippen molar-refractivity contribution in [3.63, 3.8) is 0 Å². The zero-order valence-corrected chi connectivity index (χ0v) is 5.94. The largest absolute Gasteiger partial charge is 0.386 e. The van der Waals surface area contributed by atoms with Gasteiger partial charge in [0.15, 0.2) is 0 Å². The molecule has 0 spiro atoms. The second kappa shape index (κ2) is 3.69. The summed E-state index contributed by atoms with van der Waals surface area (Å²) in [4.78, 5) is 7.69. The van der Waals surface area contributed by atoms with E-state index in [9.17, 15) is 5.11 Å². The Hall–Kier alpha value is -1.40. The molecule has 3 nitrogen and oxygen atoms in total. The van der Waals surface area contributed by atoms with Gasteiger partial charge in [0, 0.05) is 18.8 Å². The lowest BCUT2D eigenvalue weighted by Crippen LogP contribution is -1.98. The number of terminal acetylenes is 1. The van der Waals surface area contributed by atoms with E-state index in [-0.39, 0.29) is 6.42 Å². The average Bonchev–Trinajstić information content (AvgIpc) is 2.07. The highest BCUT2D eigenvalue weighted by Gasteiger charge is 2.05. The van der Waals surface area contributed by atoms with E-state index in [1.807, 2.05) is 0 Å². The Bertz CT molecular complexity index is 253. The van der Waals surface area contributed by atoms with Crippen LogP contribution in [0.3, 0.4) is 0 Å². The Labute approximate surface area is 65.1 Å². The van der Waals surface area contributed by atoms with Crippen molar-refractivity contribution in [2.75, 3.05) is 0 Å². The van der Waals surface area contributed by atoms with Crippen LogP contribution in [0.2, 0.25) is 0 Å². The fraction of sp³-hybridized carbons (Fsp3) is 0.250. The van der Waals surface area contributed by atoms with Gasteiger partial charge in [0.05, 0.1) is 11.9 Å². The standard InChI is InChI=1S/C8H8N2O/c1-2-3-8(11)7-6-9-4-5-10-7/h1,4-6,8,11H,3H2. The summed E-state index contributed by atoms with van der Waals surface area (Å²) in [6.45, 7) is 0. The van der Waals surface area contributed by atoms with Crippen molar-refractivity contribution >= 4 is 0 Å². The lowest BCUT2D eigenvalue weighted by Gasteiger charge is -2.03. The Morgan fingerprint density at radius 1 is 1.64 bits per heavy atom. The molecule has 1 unspecified atom stereocenters. The first-order chi connectivity index (χ1) is 5.34. The quantitative estimate of drug-likeness (QED) is 0.622. The lowest BCUT2D eigenvalue weighted by molar-refractivity contribution is 0.178. The predicted molar refractivity (Wildman–Crippen MR) is 40.4 cm³/mol. The second-order valence-electron chi connectivity index (χ2n) is 2.05. The summed E-state index contributed by atoms with van der Waals surface area (Å²) in [5.74, 6) is 2.35. The zero-order valence-electron chi connectivity index (χ0n) is 5.94. The number of aliphatic hydroxyl groups excluding tert-OH is 1. The average molecular weight is 148 g/mol. The third-order valence-corrected chi connectivity index (χ3v) is 1.24. The molecule has 3 heteroatoms. The Kier molecular flexibility index (Phi) is 2.59. The monoisotopic (exact) mass is 148 g/mol. The molecule has 1 aromatic heterocycles. The smallest absolute Gasteiger partial charge is 0.108 e. The molecule has 0 amide bonds. The van der Waals surface area contributed by atoms with Gasteiger partial charge in [-0.3, -0.25) is 9.97 Å². The molecular formula is C8H8N2O. The van der Waals surface area contributed by atoms with Gasteiger partial charge in [0.25, 0.3) is 0 Å². The predicted octanol–water partition coefficient (Wildman–Crippen LogP) is 0.533. The van der Waals surface area contributed by atoms with Gasteiger partial charge in [-0.15, -0.1) is 12.3 Å². The van der Waals surface area contributed by atoms with Gasteiger partial charge in [-0.05, 0) is 0 Å². The fourth-order valence-corrected chi connectivity index (χ4v) is 0.699. The number of aromatic nitrogens is 2. The van der Waals surface area contributed by atoms with Crippen molar-refractivity contribution in [1.82, 2.24) is 9.97 Å². The van der Waals surface area contributed by atoms with Crippen molar-refractivity contribution in [2.45, 2.75) is 12.5 Å². The maximum absolute atomic E-state index is 9.28. The molecule has 0 saturated carbocycles. The lowest BCUT2D eigenvalue weighted by atomic mass is 10.2. The maximum atomic E-state index is 9.28. The molecule has 0 aliphatic heterocycles. The third-order valence-electron chi connectivity index (χ3n) is 1.24. The minimum absolute atomic E-state index is 0.276. The van der Waals surface area contributed by atoms with Gasteiger partial charge in [-0.2, -0.15) is 0 Å². The molecule has 1 atom stereocenters. The van der Waals surface area contributed by atoms with Crippen molar-refractivity contribution in [2.24, 2.45) is 0 Å². The highest BCUT2D eigenvalue weighted by atomic mass is 16.3. The summed E-state index contributed by atoms with van der Waals surface area (Å²) >= 11 is 0. The topological polar surface area (TPSA) is 46.0 Å². The summed E-state index contributed by atoms with van der Waals surface area (Å²) in [7, 11) is 0. The highest BCUT2D eigenvalue weighted by molar-refractivity contribution is 5.03. The van der Waals surface area contributed by atoms with Crippen LogP contribution in [0.4, 0.5) is 0 Å². The zero-order chi connectivity index (χ0) is 8.10. The van der Waals surface area contributed by atoms with E-state index in [4.69, 9.17) is 6.42 Å². The Morgan fingerprint density at radius 2 is 2.45 bits per heavy atom. The number of rotatable bonds is 2. The van der Waals surface area contributed by atoms with E-state index in [2.05, 4.69) is 15.9 Å². The van der Waals surface area contributed by atoms with Crippen LogP contribution < -0.4 is 0 Å². The van der Waals surface area contributed by atoms with Crippen molar-refractivity contribution < 1.29 is 5.11 Å². The summed E-state index contributed by atoms with van der Waals surface area (Å²) in [6.07, 6.45) is 9.17. The summed E-state index contributed by atoms with van der Waals surface area (Å²) in [5, 5.41) is 9.28. The number of hydrogen-bond donors (Lipinski definition) is 1. The fourth-order valence-electron chi connectivity index (χ4n) is 0.699. The summed E-state index contributed by atoms with van der Waals surface area (Å²) in [6, 6.07) is 0. The molecular weight excluding hydrogens is 140 g/mol. The van der Waals surface area contributed by atoms with Crippen LogP contribution in [-0.4, -0.2) is 15.1 Å². The van der Waals surface area contributed by atoms with Gasteiger partial charge >= 0.3 is 0 Å². The van der Waals surface area contributed by atoms with Gasteiger partial charge in [0.2, 0.25) is 0 Å². The van der Waals surface area contributed by atoms with E-state index < -0.39 is 6.10 Å². The van der Waals surface area contributed by atoms with Crippen LogP contribution in [0.5, 0.6) is 0 Å². The van der Waals surface area contributed by atoms with E-state index in [1.165, 1.54) is 12.4 Å². The molecule has 1 aromatic rings. The molecule has 56 valence electrons. The van der Waals surface area contributed by atoms with Crippen LogP contribution in [-0.2, 0) is 0 Å². The second-order valence-corrected chi connectivity index (χ2v) is 2.05. The highest BCUT2D eigenvalue weighted by Crippen LogP contribution is 2.10. The van der Waals surface area contributed by atoms with E-state index in [1.54, 1.807) is 6.20 Å². The first kappa shape index (κ1) is 7.70. The minimum atomic E-state index is -0.686. The van der Waals surface area contributed by atoms with Crippen molar-refractivity contribution in [1.29, 1.82) is 0 Å². The summed E-state index contributed by atoms with van der Waals surface area (Å²) in [5.41, 5.74) is 0.519. The molecule has 0 saturated heterocycles. The van der Waals surface area contributed by atoms with Crippen molar-refractivity contribution in [3.05, 3.63) is 24.3 Å². The molecule has 0 aliphatic carbocycles. The normalized spacial score (nSPS) is 12.0. The van der Waals surface area contributed by atoms with Crippen LogP contribution >= 0.6 is 0 Å². The van der Waals surface area contributed by atoms with E-state index in [0.717, 1.165) is 0 Å². The first-order valence-electron chi connectivity index (χ1n) is 3.22. The molecule has 11 heavy (non-hydrogen) atoms. The third kappa shape index (κ3) is 2.03. The number of nitrogens with zero attached hydrogens (tertiary/aromatic N) is 2. The SMILES string of the molecule is C#CCC(O)c1cnccn1. The minimum Gasteiger partial charge on any atom is -0.386 e. The molecule has 0 aliphatic rings. The van der Waals surface area contributed by atoms with E-state index in [0.29, 0.717) is 5.69 Å². The van der Waals surface area contributed by atoms with Crippen molar-refractivity contribution in [3.8, 4) is 12.3 Å². The van der Waals surface area contributed by atoms with E-state index >= 15 is 0 Å². The Morgan fingerprint density at radius 3 is 3.00 bits per heavy atom. The molecule has 0 bridgehead atoms. The molecule has 0 aromatic carbocycles. The molecule has 1 N–H and O–H groups in total. The Balaban J connectivity index is 2.70. The molecule has 0 fully saturated rings. The number of hydrogen-bond acceptors (Lipinski definition) is 3. The van der Waals surface area contributed by atoms with Crippen LogP contribution in [0.1, 0.15) is 18.2 Å².